The van der Waals surface area contributed by atoms with Gasteiger partial charge in [0.25, 0.3) is 0 Å². The summed E-state index contributed by atoms with van der Waals surface area (Å²) < 4.78 is 39.2. The van der Waals surface area contributed by atoms with Crippen LogP contribution in [0.15, 0.2) is 58.3 Å². The molecule has 0 unspecified atom stereocenters. The molecule has 0 amide bonds. The SMILES string of the molecule is CCC[CH2][Sn]([CH2]CCC)([CH2]CCC)[c]1ccc(S(=O)(=O)c2cc[c]([Sn]([CH2]CCC)([CH2]CCC)[CH2]CCC)cc2)cc1. The number of rotatable bonds is 22. The first-order valence-corrected chi connectivity index (χ1v) is 33.7. The first-order valence-electron chi connectivity index (χ1n) is 17.2. The summed E-state index contributed by atoms with van der Waals surface area (Å²) in [5.41, 5.74) is 0. The van der Waals surface area contributed by atoms with Gasteiger partial charge in [-0.2, -0.15) is 0 Å². The molecule has 0 aliphatic heterocycles. The monoisotopic (exact) mass is 798 g/mol. The molecule has 0 atom stereocenters. The van der Waals surface area contributed by atoms with E-state index in [2.05, 4.69) is 65.8 Å². The van der Waals surface area contributed by atoms with Crippen LogP contribution in [0.2, 0.25) is 26.6 Å². The average molecular weight is 796 g/mol. The molecule has 232 valence electrons. The van der Waals surface area contributed by atoms with Crippen LogP contribution in [0.3, 0.4) is 0 Å². The van der Waals surface area contributed by atoms with Crippen LogP contribution in [-0.2, 0) is 9.84 Å². The van der Waals surface area contributed by atoms with Crippen molar-refractivity contribution in [2.24, 2.45) is 0 Å². The van der Waals surface area contributed by atoms with Crippen molar-refractivity contribution in [2.75, 3.05) is 0 Å². The van der Waals surface area contributed by atoms with Gasteiger partial charge in [0.2, 0.25) is 0 Å². The van der Waals surface area contributed by atoms with Crippen LogP contribution in [-0.4, -0.2) is 45.2 Å². The van der Waals surface area contributed by atoms with Gasteiger partial charge in [-0.3, -0.25) is 0 Å². The molecule has 41 heavy (non-hydrogen) atoms. The molecule has 0 radical (unpaired) electrons. The number of hydrogen-bond acceptors (Lipinski definition) is 2. The van der Waals surface area contributed by atoms with E-state index in [9.17, 15) is 8.42 Å². The summed E-state index contributed by atoms with van der Waals surface area (Å²) in [6.45, 7) is 13.8. The Kier molecular flexibility index (Phi) is 17.6. The molecule has 0 N–H and O–H groups in total. The topological polar surface area (TPSA) is 34.1 Å². The van der Waals surface area contributed by atoms with Crippen LogP contribution in [0.25, 0.3) is 0 Å². The molecule has 0 spiro atoms. The zero-order valence-corrected chi connectivity index (χ0v) is 34.1. The minimum atomic E-state index is -3.52. The van der Waals surface area contributed by atoms with Gasteiger partial charge in [0, 0.05) is 0 Å². The predicted octanol–water partition coefficient (Wildman–Crippen LogP) is 10.6. The second-order valence-electron chi connectivity index (χ2n) is 12.7. The van der Waals surface area contributed by atoms with Crippen molar-refractivity contribution in [2.45, 2.75) is 155 Å². The van der Waals surface area contributed by atoms with Gasteiger partial charge in [-0.1, -0.05) is 0 Å². The molecule has 2 aromatic carbocycles. The molecule has 0 aromatic heterocycles. The van der Waals surface area contributed by atoms with Gasteiger partial charge in [0.15, 0.2) is 0 Å². The van der Waals surface area contributed by atoms with Crippen LogP contribution in [0.5, 0.6) is 0 Å². The number of unbranched alkanes of at least 4 members (excludes halogenated alkanes) is 6. The summed E-state index contributed by atoms with van der Waals surface area (Å²) in [5.74, 6) is 0. The maximum atomic E-state index is 13.8. The molecule has 2 nitrogen and oxygen atoms in total. The molecule has 2 aromatic rings. The second kappa shape index (κ2) is 19.4. The Bertz CT molecular complexity index is 953. The van der Waals surface area contributed by atoms with E-state index in [-0.39, 0.29) is 0 Å². The average Bonchev–Trinajstić information content (AvgIpc) is 3.01. The minimum absolute atomic E-state index is 0.466. The van der Waals surface area contributed by atoms with Crippen molar-refractivity contribution in [3.8, 4) is 0 Å². The van der Waals surface area contributed by atoms with Gasteiger partial charge in [-0.05, 0) is 0 Å². The third kappa shape index (κ3) is 10.5. The Morgan fingerprint density at radius 1 is 0.415 bits per heavy atom. The summed E-state index contributed by atoms with van der Waals surface area (Å²) in [6, 6.07) is 16.7. The predicted molar refractivity (Wildman–Crippen MR) is 187 cm³/mol. The first-order chi connectivity index (χ1) is 19.8. The van der Waals surface area contributed by atoms with E-state index in [0.717, 1.165) is 0 Å². The molecule has 5 heteroatoms. The van der Waals surface area contributed by atoms with Crippen molar-refractivity contribution in [3.63, 3.8) is 0 Å². The Balaban J connectivity index is 2.42. The van der Waals surface area contributed by atoms with Gasteiger partial charge in [-0.25, -0.2) is 0 Å². The third-order valence-corrected chi connectivity index (χ3v) is 42.7. The van der Waals surface area contributed by atoms with Gasteiger partial charge < -0.3 is 0 Å². The van der Waals surface area contributed by atoms with Crippen LogP contribution >= 0.6 is 0 Å². The van der Waals surface area contributed by atoms with E-state index in [0.29, 0.717) is 9.79 Å². The number of benzene rings is 2. The molecule has 0 saturated carbocycles. The van der Waals surface area contributed by atoms with E-state index < -0.39 is 46.6 Å². The van der Waals surface area contributed by atoms with Crippen LogP contribution in [0.4, 0.5) is 0 Å². The molecular formula is C36H62O2SSn2. The van der Waals surface area contributed by atoms with Crippen LogP contribution in [0.1, 0.15) is 119 Å². The number of sulfone groups is 1. The molecular weight excluding hydrogens is 734 g/mol. The van der Waals surface area contributed by atoms with E-state index in [4.69, 9.17) is 0 Å². The second-order valence-corrected chi connectivity index (χ2v) is 41.2. The van der Waals surface area contributed by atoms with Gasteiger partial charge in [0.05, 0.1) is 0 Å². The van der Waals surface area contributed by atoms with E-state index in [1.165, 1.54) is 104 Å². The van der Waals surface area contributed by atoms with Crippen molar-refractivity contribution >= 4 is 53.7 Å². The Morgan fingerprint density at radius 2 is 0.634 bits per heavy atom. The zero-order valence-electron chi connectivity index (χ0n) is 27.6. The van der Waals surface area contributed by atoms with E-state index in [1.54, 1.807) is 7.16 Å². The third-order valence-electron chi connectivity index (χ3n) is 9.61. The fourth-order valence-corrected chi connectivity index (χ4v) is 39.9. The fraction of sp³-hybridized carbons (Fsp3) is 0.667. The summed E-state index contributed by atoms with van der Waals surface area (Å²) in [5, 5.41) is 0. The fourth-order valence-electron chi connectivity index (χ4n) is 6.82. The van der Waals surface area contributed by atoms with E-state index >= 15 is 0 Å². The quantitative estimate of drug-likeness (QED) is 0.111. The van der Waals surface area contributed by atoms with Gasteiger partial charge in [-0.15, -0.1) is 0 Å². The normalized spacial score (nSPS) is 12.6. The summed E-state index contributed by atoms with van der Waals surface area (Å²) in [6.07, 6.45) is 15.4. The summed E-state index contributed by atoms with van der Waals surface area (Å²) in [4.78, 5) is 0.932. The number of hydrogen-bond donors (Lipinski definition) is 0. The molecule has 0 aliphatic rings. The zero-order chi connectivity index (χ0) is 30.2. The molecule has 0 bridgehead atoms. The Hall–Kier alpha value is -0.0126. The molecule has 0 aliphatic carbocycles. The molecule has 0 heterocycles. The van der Waals surface area contributed by atoms with Gasteiger partial charge >= 0.3 is 266 Å². The molecule has 2 rings (SSSR count). The van der Waals surface area contributed by atoms with Gasteiger partial charge in [0.1, 0.15) is 0 Å². The van der Waals surface area contributed by atoms with Crippen molar-refractivity contribution in [1.82, 2.24) is 0 Å². The first kappa shape index (κ1) is 37.2. The Morgan fingerprint density at radius 3 is 0.829 bits per heavy atom. The van der Waals surface area contributed by atoms with Crippen molar-refractivity contribution in [1.29, 1.82) is 0 Å². The Labute approximate surface area is 263 Å². The van der Waals surface area contributed by atoms with E-state index in [1.807, 2.05) is 24.3 Å². The summed E-state index contributed by atoms with van der Waals surface area (Å²) >= 11 is -5.15. The van der Waals surface area contributed by atoms with Crippen LogP contribution < -0.4 is 7.16 Å². The standard InChI is InChI=1S/C12H8O2S.6C4H9.2Sn/c13-15(14,11-7-3-1-4-8-11)12-9-5-2-6-10-12;6*1-3-4-2;;/h3-10H;6*1,3-4H2,2H3;;. The summed E-state index contributed by atoms with van der Waals surface area (Å²) in [7, 11) is -3.52. The molecule has 0 fully saturated rings. The maximum absolute atomic E-state index is 13.8. The molecule has 0 saturated heterocycles. The van der Waals surface area contributed by atoms with Crippen molar-refractivity contribution in [3.05, 3.63) is 48.5 Å². The van der Waals surface area contributed by atoms with Crippen molar-refractivity contribution < 1.29 is 8.42 Å². The van der Waals surface area contributed by atoms with Crippen LogP contribution in [0, 0.1) is 0 Å².